The number of anilines is 3. The molecule has 0 N–H and O–H groups in total. The Labute approximate surface area is 370 Å². The van der Waals surface area contributed by atoms with Crippen LogP contribution in [0.4, 0.5) is 17.1 Å². The predicted molar refractivity (Wildman–Crippen MR) is 263 cm³/mol. The molecule has 62 heavy (non-hydrogen) atoms. The molecule has 0 unspecified atom stereocenters. The van der Waals surface area contributed by atoms with Crippen LogP contribution >= 0.6 is 0 Å². The number of hydrogen-bond donors (Lipinski definition) is 0. The molecule has 0 heterocycles. The van der Waals surface area contributed by atoms with Crippen LogP contribution in [0.3, 0.4) is 0 Å². The van der Waals surface area contributed by atoms with Gasteiger partial charge in [0.1, 0.15) is 0 Å². The van der Waals surface area contributed by atoms with Crippen molar-refractivity contribution < 1.29 is 5.48 Å². The summed E-state index contributed by atoms with van der Waals surface area (Å²) < 4.78 is 38.4. The van der Waals surface area contributed by atoms with Crippen LogP contribution in [0, 0.1) is 0 Å². The maximum absolute atomic E-state index is 9.66. The highest BCUT2D eigenvalue weighted by molar-refractivity contribution is 5.90. The molecule has 11 rings (SSSR count). The van der Waals surface area contributed by atoms with Gasteiger partial charge in [-0.05, 0) is 137 Å². The lowest BCUT2D eigenvalue weighted by Crippen LogP contribution is -2.16. The van der Waals surface area contributed by atoms with Crippen LogP contribution in [-0.4, -0.2) is 0 Å². The van der Waals surface area contributed by atoms with Gasteiger partial charge in [-0.2, -0.15) is 0 Å². The molecule has 0 spiro atoms. The van der Waals surface area contributed by atoms with E-state index in [1.54, 1.807) is 0 Å². The van der Waals surface area contributed by atoms with E-state index in [1.165, 1.54) is 22.3 Å². The van der Waals surface area contributed by atoms with Crippen molar-refractivity contribution in [2.75, 3.05) is 4.90 Å². The summed E-state index contributed by atoms with van der Waals surface area (Å²) in [7, 11) is 0. The minimum atomic E-state index is -0.192. The maximum atomic E-state index is 9.66. The van der Waals surface area contributed by atoms with Crippen LogP contribution in [0.5, 0.6) is 0 Å². The lowest BCUT2D eigenvalue weighted by Gasteiger charge is -2.27. The number of nitrogens with zero attached hydrogens (tertiary/aromatic N) is 1. The summed E-state index contributed by atoms with van der Waals surface area (Å²) in [6.07, 6.45) is 0. The van der Waals surface area contributed by atoms with Crippen molar-refractivity contribution >= 4 is 27.8 Å². The number of benzene rings is 10. The molecule has 10 aromatic carbocycles. The second kappa shape index (κ2) is 15.4. The van der Waals surface area contributed by atoms with Crippen molar-refractivity contribution in [3.63, 3.8) is 0 Å². The van der Waals surface area contributed by atoms with Gasteiger partial charge < -0.3 is 4.90 Å². The Morgan fingerprint density at radius 3 is 1.48 bits per heavy atom. The molecule has 0 bridgehead atoms. The molecule has 0 aliphatic heterocycles. The number of hydrogen-bond acceptors (Lipinski definition) is 1. The normalized spacial score (nSPS) is 13.4. The fourth-order valence-corrected chi connectivity index (χ4v) is 9.36. The number of rotatable bonds is 8. The van der Waals surface area contributed by atoms with E-state index in [9.17, 15) is 5.48 Å². The molecule has 1 heteroatoms. The van der Waals surface area contributed by atoms with Crippen molar-refractivity contribution in [1.29, 1.82) is 0 Å². The third kappa shape index (κ3) is 6.69. The molecule has 0 radical (unpaired) electrons. The highest BCUT2D eigenvalue weighted by Gasteiger charge is 2.37. The van der Waals surface area contributed by atoms with Gasteiger partial charge in [0.25, 0.3) is 0 Å². The van der Waals surface area contributed by atoms with E-state index in [4.69, 9.17) is 0 Å². The van der Waals surface area contributed by atoms with Gasteiger partial charge >= 0.3 is 0 Å². The van der Waals surface area contributed by atoms with Gasteiger partial charge in [-0.15, -0.1) is 0 Å². The van der Waals surface area contributed by atoms with Crippen LogP contribution in [0.25, 0.3) is 77.5 Å². The van der Waals surface area contributed by atoms with Crippen LogP contribution in [0.15, 0.2) is 236 Å². The van der Waals surface area contributed by atoms with Crippen molar-refractivity contribution in [2.45, 2.75) is 19.3 Å². The Kier molecular flexibility index (Phi) is 8.19. The van der Waals surface area contributed by atoms with E-state index in [0.29, 0.717) is 5.56 Å². The summed E-state index contributed by atoms with van der Waals surface area (Å²) >= 11 is 0. The summed E-state index contributed by atoms with van der Waals surface area (Å²) in [5.41, 5.74) is 16.0. The van der Waals surface area contributed by atoms with Crippen LogP contribution in [-0.2, 0) is 5.41 Å². The second-order valence-corrected chi connectivity index (χ2v) is 16.6. The van der Waals surface area contributed by atoms with Gasteiger partial charge in [0, 0.05) is 22.5 Å². The van der Waals surface area contributed by atoms with E-state index in [-0.39, 0.29) is 40.8 Å². The largest absolute Gasteiger partial charge is 0.311 e. The molecular weight excluding hydrogens is 747 g/mol. The maximum Gasteiger partial charge on any atom is 0.0645 e. The summed E-state index contributed by atoms with van der Waals surface area (Å²) in [5, 5.41) is 2.27. The predicted octanol–water partition coefficient (Wildman–Crippen LogP) is 17.0. The van der Waals surface area contributed by atoms with E-state index in [2.05, 4.69) is 147 Å². The Morgan fingerprint density at radius 1 is 0.323 bits per heavy atom. The fraction of sp³-hybridized carbons (Fsp3) is 0.0492. The third-order valence-corrected chi connectivity index (χ3v) is 12.5. The van der Waals surface area contributed by atoms with Crippen molar-refractivity contribution in [3.05, 3.63) is 248 Å². The summed E-state index contributed by atoms with van der Waals surface area (Å²) in [6, 6.07) is 72.4. The highest BCUT2D eigenvalue weighted by atomic mass is 15.1. The molecule has 0 fully saturated rings. The quantitative estimate of drug-likeness (QED) is 0.148. The first kappa shape index (κ1) is 33.0. The Morgan fingerprint density at radius 2 is 0.790 bits per heavy atom. The number of fused-ring (bicyclic) bond motifs is 4. The highest BCUT2D eigenvalue weighted by Crippen LogP contribution is 2.52. The molecule has 0 atom stereocenters. The van der Waals surface area contributed by atoms with E-state index >= 15 is 0 Å². The zero-order valence-electron chi connectivity index (χ0n) is 38.7. The van der Waals surface area contributed by atoms with Gasteiger partial charge in [0.2, 0.25) is 0 Å². The molecule has 0 aromatic heterocycles. The van der Waals surface area contributed by atoms with Gasteiger partial charge in [-0.3, -0.25) is 0 Å². The van der Waals surface area contributed by atoms with Gasteiger partial charge in [-0.1, -0.05) is 202 Å². The molecule has 10 aromatic rings. The lowest BCUT2D eigenvalue weighted by molar-refractivity contribution is 0.662. The zero-order chi connectivity index (χ0) is 45.1. The first-order valence-electron chi connectivity index (χ1n) is 23.3. The standard InChI is InChI=1S/C61H45N/c1-61(2)59-21-9-8-18-57(59)58-20-11-19-56(60(58)61)48-32-38-55(39-33-48)62(53-34-28-46(29-35-53)45-24-22-44(23-25-45)42-12-4-3-5-13-42)54-36-30-47(31-37-54)50-16-10-17-51(40-50)52-27-26-43-14-6-7-15-49(43)41-52/h3-41H,1-2H3/i30D,31D,36D,37D. The van der Waals surface area contributed by atoms with Gasteiger partial charge in [0.15, 0.2) is 0 Å². The first-order valence-corrected chi connectivity index (χ1v) is 21.3. The third-order valence-electron chi connectivity index (χ3n) is 12.5. The van der Waals surface area contributed by atoms with Gasteiger partial charge in [0.05, 0.1) is 5.48 Å². The molecule has 0 saturated heterocycles. The molecule has 294 valence electrons. The summed E-state index contributed by atoms with van der Waals surface area (Å²) in [5.74, 6) is 0. The second-order valence-electron chi connectivity index (χ2n) is 16.6. The monoisotopic (exact) mass is 795 g/mol. The minimum absolute atomic E-state index is 0.0972. The topological polar surface area (TPSA) is 3.24 Å². The molecule has 1 aliphatic carbocycles. The molecule has 1 nitrogen and oxygen atoms in total. The molecule has 1 aliphatic rings. The van der Waals surface area contributed by atoms with Crippen LogP contribution < -0.4 is 4.90 Å². The van der Waals surface area contributed by atoms with Gasteiger partial charge in [-0.25, -0.2) is 0 Å². The van der Waals surface area contributed by atoms with Crippen molar-refractivity contribution in [3.8, 4) is 66.8 Å². The van der Waals surface area contributed by atoms with Crippen molar-refractivity contribution in [2.24, 2.45) is 0 Å². The average molecular weight is 796 g/mol. The molecule has 0 amide bonds. The molecular formula is C61H45N. The van der Waals surface area contributed by atoms with Crippen LogP contribution in [0.2, 0.25) is 0 Å². The summed E-state index contributed by atoms with van der Waals surface area (Å²) in [4.78, 5) is 1.87. The molecule has 0 saturated carbocycles. The summed E-state index contributed by atoms with van der Waals surface area (Å²) in [6.45, 7) is 4.59. The first-order chi connectivity index (χ1) is 32.2. The average Bonchev–Trinajstić information content (AvgIpc) is 3.61. The van der Waals surface area contributed by atoms with Crippen LogP contribution in [0.1, 0.15) is 30.5 Å². The minimum Gasteiger partial charge on any atom is -0.311 e. The smallest absolute Gasteiger partial charge is 0.0645 e. The lowest BCUT2D eigenvalue weighted by atomic mass is 9.79. The Hall–Kier alpha value is -7.74. The Balaban J connectivity index is 1.01. The Bertz CT molecular complexity index is 3440. The van der Waals surface area contributed by atoms with Crippen molar-refractivity contribution in [1.82, 2.24) is 0 Å². The van der Waals surface area contributed by atoms with E-state index < -0.39 is 0 Å². The zero-order valence-corrected chi connectivity index (χ0v) is 34.7. The SMILES string of the molecule is [2H]c1c([2H])c(N(c2ccc(-c3ccc(-c4ccccc4)cc3)cc2)c2ccc(-c3cccc4c3C(C)(C)c3ccccc3-4)cc2)c([2H])c([2H])c1-c1cccc(-c2ccc3ccccc3c2)c1. The van der Waals surface area contributed by atoms with E-state index in [1.807, 2.05) is 83.8 Å². The fourth-order valence-electron chi connectivity index (χ4n) is 9.36. The van der Waals surface area contributed by atoms with E-state index in [0.717, 1.165) is 66.7 Å².